The molecule has 0 saturated carbocycles. The molecule has 1 aromatic rings. The van der Waals surface area contributed by atoms with Gasteiger partial charge in [0.25, 0.3) is 0 Å². The molecule has 3 heteroatoms. The van der Waals surface area contributed by atoms with E-state index in [1.807, 2.05) is 0 Å². The van der Waals surface area contributed by atoms with Crippen molar-refractivity contribution < 1.29 is 4.39 Å². The van der Waals surface area contributed by atoms with Crippen LogP contribution in [0.5, 0.6) is 0 Å². The lowest BCUT2D eigenvalue weighted by atomic mass is 10.1. The van der Waals surface area contributed by atoms with Crippen molar-refractivity contribution in [3.63, 3.8) is 0 Å². The van der Waals surface area contributed by atoms with Gasteiger partial charge in [0.15, 0.2) is 0 Å². The molecule has 0 saturated heterocycles. The lowest BCUT2D eigenvalue weighted by molar-refractivity contribution is 0.357. The van der Waals surface area contributed by atoms with Crippen molar-refractivity contribution >= 4 is 0 Å². The van der Waals surface area contributed by atoms with E-state index in [0.29, 0.717) is 11.1 Å². The average molecular weight is 192 g/mol. The van der Waals surface area contributed by atoms with Crippen molar-refractivity contribution in [1.29, 1.82) is 5.26 Å². The van der Waals surface area contributed by atoms with E-state index >= 15 is 0 Å². The molecule has 1 unspecified atom stereocenters. The van der Waals surface area contributed by atoms with Gasteiger partial charge in [-0.15, -0.1) is 0 Å². The lowest BCUT2D eigenvalue weighted by Crippen LogP contribution is -2.18. The predicted octanol–water partition coefficient (Wildman–Crippen LogP) is 2.26. The highest BCUT2D eigenvalue weighted by Crippen LogP contribution is 2.19. The Balaban J connectivity index is 3.08. The van der Waals surface area contributed by atoms with Crippen molar-refractivity contribution in [2.45, 2.75) is 13.0 Å². The number of nitriles is 1. The Bertz CT molecular complexity index is 366. The van der Waals surface area contributed by atoms with Crippen LogP contribution in [0.3, 0.4) is 0 Å². The second-order valence-electron chi connectivity index (χ2n) is 3.50. The van der Waals surface area contributed by atoms with Crippen molar-refractivity contribution in [2.75, 3.05) is 14.1 Å². The van der Waals surface area contributed by atoms with Crippen LogP contribution in [0.15, 0.2) is 18.2 Å². The predicted molar refractivity (Wildman–Crippen MR) is 53.2 cm³/mol. The lowest BCUT2D eigenvalue weighted by Gasteiger charge is -2.17. The number of hydrogen-bond acceptors (Lipinski definition) is 2. The number of nitrogens with zero attached hydrogens (tertiary/aromatic N) is 2. The maximum absolute atomic E-state index is 13.2. The van der Waals surface area contributed by atoms with Crippen LogP contribution in [0.1, 0.15) is 17.2 Å². The van der Waals surface area contributed by atoms with Gasteiger partial charge in [-0.05, 0) is 38.2 Å². The maximum Gasteiger partial charge on any atom is 0.126 e. The third kappa shape index (κ3) is 2.09. The molecule has 0 aliphatic carbocycles. The normalized spacial score (nSPS) is 12.6. The number of benzene rings is 1. The summed E-state index contributed by atoms with van der Waals surface area (Å²) in [6.45, 7) is 1.70. The Kier molecular flexibility index (Phi) is 3.21. The molecule has 0 aliphatic heterocycles. The molecule has 1 rings (SSSR count). The molecule has 0 aromatic heterocycles. The highest BCUT2D eigenvalue weighted by Gasteiger charge is 2.13. The van der Waals surface area contributed by atoms with E-state index in [1.54, 1.807) is 38.1 Å². The monoisotopic (exact) mass is 192 g/mol. The van der Waals surface area contributed by atoms with Crippen LogP contribution in [0.4, 0.5) is 4.39 Å². The zero-order valence-electron chi connectivity index (χ0n) is 8.58. The molecular formula is C11H13FN2. The van der Waals surface area contributed by atoms with E-state index in [-0.39, 0.29) is 11.9 Å². The van der Waals surface area contributed by atoms with E-state index in [1.165, 1.54) is 6.07 Å². The van der Waals surface area contributed by atoms with E-state index in [9.17, 15) is 4.39 Å². The summed E-state index contributed by atoms with van der Waals surface area (Å²) in [4.78, 5) is 1.75. The molecule has 0 radical (unpaired) electrons. The van der Waals surface area contributed by atoms with E-state index in [2.05, 4.69) is 6.07 Å². The SMILES string of the molecule is Cc1ccc(C(C#N)N(C)C)cc1F. The molecule has 0 heterocycles. The Labute approximate surface area is 83.6 Å². The summed E-state index contributed by atoms with van der Waals surface area (Å²) in [5.74, 6) is -0.260. The zero-order valence-corrected chi connectivity index (χ0v) is 8.58. The fourth-order valence-electron chi connectivity index (χ4n) is 1.27. The number of rotatable bonds is 2. The third-order valence-corrected chi connectivity index (χ3v) is 2.15. The van der Waals surface area contributed by atoms with Gasteiger partial charge in [-0.3, -0.25) is 4.90 Å². The minimum Gasteiger partial charge on any atom is -0.291 e. The molecule has 2 nitrogen and oxygen atoms in total. The summed E-state index contributed by atoms with van der Waals surface area (Å²) >= 11 is 0. The smallest absolute Gasteiger partial charge is 0.126 e. The molecule has 74 valence electrons. The molecular weight excluding hydrogens is 179 g/mol. The quantitative estimate of drug-likeness (QED) is 0.718. The van der Waals surface area contributed by atoms with Crippen LogP contribution >= 0.6 is 0 Å². The summed E-state index contributed by atoms with van der Waals surface area (Å²) in [7, 11) is 3.59. The second-order valence-corrected chi connectivity index (χ2v) is 3.50. The first kappa shape index (κ1) is 10.7. The molecule has 0 N–H and O–H groups in total. The summed E-state index contributed by atoms with van der Waals surface area (Å²) in [6, 6.07) is 6.64. The Morgan fingerprint density at radius 2 is 2.07 bits per heavy atom. The van der Waals surface area contributed by atoms with Gasteiger partial charge in [-0.25, -0.2) is 4.39 Å². The third-order valence-electron chi connectivity index (χ3n) is 2.15. The van der Waals surface area contributed by atoms with Gasteiger partial charge in [-0.1, -0.05) is 12.1 Å². The Hall–Kier alpha value is -1.40. The summed E-state index contributed by atoms with van der Waals surface area (Å²) < 4.78 is 13.2. The first-order chi connectivity index (χ1) is 6.56. The molecule has 0 aliphatic rings. The van der Waals surface area contributed by atoms with Gasteiger partial charge in [0, 0.05) is 0 Å². The first-order valence-electron chi connectivity index (χ1n) is 4.38. The number of aryl methyl sites for hydroxylation is 1. The summed E-state index contributed by atoms with van der Waals surface area (Å²) in [5, 5.41) is 8.90. The zero-order chi connectivity index (χ0) is 10.7. The van der Waals surface area contributed by atoms with Gasteiger partial charge in [0.05, 0.1) is 6.07 Å². The van der Waals surface area contributed by atoms with Crippen molar-refractivity contribution in [1.82, 2.24) is 4.90 Å². The van der Waals surface area contributed by atoms with Gasteiger partial charge in [0.1, 0.15) is 11.9 Å². The number of halogens is 1. The van der Waals surface area contributed by atoms with Crippen LogP contribution in [0.2, 0.25) is 0 Å². The fraction of sp³-hybridized carbons (Fsp3) is 0.364. The van der Waals surface area contributed by atoms with Crippen molar-refractivity contribution in [3.05, 3.63) is 35.1 Å². The maximum atomic E-state index is 13.2. The van der Waals surface area contributed by atoms with E-state index in [0.717, 1.165) is 0 Å². The molecule has 0 bridgehead atoms. The Morgan fingerprint density at radius 1 is 1.43 bits per heavy atom. The molecule has 1 atom stereocenters. The van der Waals surface area contributed by atoms with Crippen molar-refractivity contribution in [2.24, 2.45) is 0 Å². The number of hydrogen-bond donors (Lipinski definition) is 0. The average Bonchev–Trinajstić information content (AvgIpc) is 2.11. The van der Waals surface area contributed by atoms with Crippen LogP contribution in [0.25, 0.3) is 0 Å². The van der Waals surface area contributed by atoms with Crippen LogP contribution in [-0.4, -0.2) is 19.0 Å². The van der Waals surface area contributed by atoms with Crippen molar-refractivity contribution in [3.8, 4) is 6.07 Å². The highest BCUT2D eigenvalue weighted by atomic mass is 19.1. The Morgan fingerprint density at radius 3 is 2.50 bits per heavy atom. The largest absolute Gasteiger partial charge is 0.291 e. The summed E-state index contributed by atoms with van der Waals surface area (Å²) in [6.07, 6.45) is 0. The molecule has 14 heavy (non-hydrogen) atoms. The van der Waals surface area contributed by atoms with E-state index in [4.69, 9.17) is 5.26 Å². The van der Waals surface area contributed by atoms with Crippen LogP contribution in [-0.2, 0) is 0 Å². The van der Waals surface area contributed by atoms with Gasteiger partial charge >= 0.3 is 0 Å². The standard InChI is InChI=1S/C11H13FN2/c1-8-4-5-9(6-10(8)12)11(7-13)14(2)3/h4-6,11H,1-3H3. The minimum absolute atomic E-state index is 0.260. The minimum atomic E-state index is -0.384. The van der Waals surface area contributed by atoms with Gasteiger partial charge < -0.3 is 0 Å². The van der Waals surface area contributed by atoms with Crippen LogP contribution in [0, 0.1) is 24.1 Å². The van der Waals surface area contributed by atoms with Crippen LogP contribution < -0.4 is 0 Å². The topological polar surface area (TPSA) is 27.0 Å². The molecule has 1 aromatic carbocycles. The fourth-order valence-corrected chi connectivity index (χ4v) is 1.27. The molecule has 0 spiro atoms. The summed E-state index contributed by atoms with van der Waals surface area (Å²) in [5.41, 5.74) is 1.30. The first-order valence-corrected chi connectivity index (χ1v) is 4.38. The second kappa shape index (κ2) is 4.21. The molecule has 0 amide bonds. The highest BCUT2D eigenvalue weighted by molar-refractivity contribution is 5.28. The van der Waals surface area contributed by atoms with Gasteiger partial charge in [-0.2, -0.15) is 5.26 Å². The van der Waals surface area contributed by atoms with Gasteiger partial charge in [0.2, 0.25) is 0 Å². The van der Waals surface area contributed by atoms with E-state index < -0.39 is 0 Å². The molecule has 0 fully saturated rings.